The summed E-state index contributed by atoms with van der Waals surface area (Å²) in [4.78, 5) is 25.7. The molecule has 3 rings (SSSR count). The molecule has 21 heavy (non-hydrogen) atoms. The fourth-order valence-corrected chi connectivity index (χ4v) is 2.42. The molecular weight excluding hydrogens is 272 g/mol. The van der Waals surface area contributed by atoms with Crippen LogP contribution < -0.4 is 10.5 Å². The van der Waals surface area contributed by atoms with E-state index in [0.717, 1.165) is 23.0 Å². The lowest BCUT2D eigenvalue weighted by Gasteiger charge is -2.06. The first-order valence-corrected chi connectivity index (χ1v) is 6.29. The minimum atomic E-state index is -1.49. The minimum Gasteiger partial charge on any atom is -0.545 e. The summed E-state index contributed by atoms with van der Waals surface area (Å²) in [5.41, 5.74) is 2.06. The summed E-state index contributed by atoms with van der Waals surface area (Å²) in [5, 5.41) is 15.0. The van der Waals surface area contributed by atoms with Gasteiger partial charge in [0.05, 0.1) is 17.2 Å². The van der Waals surface area contributed by atoms with Crippen molar-refractivity contribution in [2.75, 3.05) is 0 Å². The predicted octanol–water partition coefficient (Wildman–Crippen LogP) is 1.16. The van der Waals surface area contributed by atoms with Gasteiger partial charge in [-0.25, -0.2) is 0 Å². The van der Waals surface area contributed by atoms with Gasteiger partial charge in [0.2, 0.25) is 0 Å². The quantitative estimate of drug-likeness (QED) is 0.761. The first-order valence-electron chi connectivity index (χ1n) is 6.29. The number of carbonyl (C=O) groups is 1. The van der Waals surface area contributed by atoms with E-state index in [2.05, 4.69) is 10.1 Å². The maximum absolute atomic E-state index is 12.0. The second-order valence-electron chi connectivity index (χ2n) is 4.78. The van der Waals surface area contributed by atoms with Crippen LogP contribution in [0.3, 0.4) is 0 Å². The molecule has 3 aromatic rings. The van der Waals surface area contributed by atoms with E-state index in [4.69, 9.17) is 4.52 Å². The molecule has 2 aromatic heterocycles. The summed E-state index contributed by atoms with van der Waals surface area (Å²) in [6.07, 6.45) is 1.15. The van der Waals surface area contributed by atoms with E-state index >= 15 is 0 Å². The van der Waals surface area contributed by atoms with Gasteiger partial charge in [-0.05, 0) is 31.5 Å². The Morgan fingerprint density at radius 3 is 2.71 bits per heavy atom. The zero-order valence-corrected chi connectivity index (χ0v) is 11.4. The monoisotopic (exact) mass is 283 g/mol. The highest BCUT2D eigenvalue weighted by Crippen LogP contribution is 2.28. The van der Waals surface area contributed by atoms with Crippen LogP contribution in [0.25, 0.3) is 22.0 Å². The number of carboxylic acid groups (broad SMARTS) is 1. The van der Waals surface area contributed by atoms with E-state index in [0.29, 0.717) is 16.7 Å². The number of benzene rings is 1. The molecule has 2 heterocycles. The van der Waals surface area contributed by atoms with Gasteiger partial charge in [0.1, 0.15) is 5.76 Å². The Morgan fingerprint density at radius 1 is 1.33 bits per heavy atom. The van der Waals surface area contributed by atoms with Gasteiger partial charge in [-0.15, -0.1) is 0 Å². The van der Waals surface area contributed by atoms with Crippen molar-refractivity contribution in [1.82, 2.24) is 10.1 Å². The van der Waals surface area contributed by atoms with Crippen LogP contribution in [0.5, 0.6) is 0 Å². The number of carbonyl (C=O) groups excluding carboxylic acids is 1. The molecule has 0 saturated carbocycles. The van der Waals surface area contributed by atoms with Crippen LogP contribution >= 0.6 is 0 Å². The van der Waals surface area contributed by atoms with Gasteiger partial charge in [-0.3, -0.25) is 4.79 Å². The highest BCUT2D eigenvalue weighted by molar-refractivity contribution is 5.92. The zero-order valence-electron chi connectivity index (χ0n) is 11.4. The van der Waals surface area contributed by atoms with Crippen molar-refractivity contribution >= 4 is 16.9 Å². The summed E-state index contributed by atoms with van der Waals surface area (Å²) >= 11 is 0. The second kappa shape index (κ2) is 4.59. The van der Waals surface area contributed by atoms with Crippen molar-refractivity contribution in [1.29, 1.82) is 0 Å². The van der Waals surface area contributed by atoms with Crippen molar-refractivity contribution < 1.29 is 14.4 Å². The number of rotatable bonds is 2. The van der Waals surface area contributed by atoms with E-state index in [1.54, 1.807) is 18.2 Å². The third kappa shape index (κ3) is 2.01. The van der Waals surface area contributed by atoms with Crippen LogP contribution in [0.2, 0.25) is 0 Å². The highest BCUT2D eigenvalue weighted by Gasteiger charge is 2.13. The van der Waals surface area contributed by atoms with Crippen LogP contribution in [0, 0.1) is 13.8 Å². The van der Waals surface area contributed by atoms with Gasteiger partial charge < -0.3 is 19.4 Å². The number of hydrogen-bond donors (Lipinski definition) is 1. The molecule has 0 radical (unpaired) electrons. The summed E-state index contributed by atoms with van der Waals surface area (Å²) in [6, 6.07) is 5.09. The molecule has 0 aliphatic heterocycles. The van der Waals surface area contributed by atoms with Gasteiger partial charge in [0.15, 0.2) is 5.43 Å². The molecule has 0 amide bonds. The maximum Gasteiger partial charge on any atom is 0.198 e. The van der Waals surface area contributed by atoms with Crippen LogP contribution in [0.4, 0.5) is 0 Å². The average molecular weight is 283 g/mol. The Kier molecular flexibility index (Phi) is 2.86. The molecule has 6 nitrogen and oxygen atoms in total. The Bertz CT molecular complexity index is 902. The lowest BCUT2D eigenvalue weighted by Crippen LogP contribution is -2.29. The third-order valence-corrected chi connectivity index (χ3v) is 3.42. The molecule has 0 spiro atoms. The Labute approximate surface area is 119 Å². The third-order valence-electron chi connectivity index (χ3n) is 3.42. The number of nitrogens with zero attached hydrogens (tertiary/aromatic N) is 1. The molecule has 0 bridgehead atoms. The van der Waals surface area contributed by atoms with Gasteiger partial charge >= 0.3 is 0 Å². The largest absolute Gasteiger partial charge is 0.545 e. The van der Waals surface area contributed by atoms with E-state index < -0.39 is 11.4 Å². The number of aryl methyl sites for hydroxylation is 2. The number of hydrogen-bond acceptors (Lipinski definition) is 5. The number of aromatic carboxylic acids is 1. The fraction of sp³-hybridized carbons (Fsp3) is 0.133. The molecule has 0 atom stereocenters. The number of H-pyrrole nitrogens is 1. The molecule has 1 aromatic carbocycles. The lowest BCUT2D eigenvalue weighted by atomic mass is 10.0. The van der Waals surface area contributed by atoms with Crippen molar-refractivity contribution in [2.24, 2.45) is 0 Å². The average Bonchev–Trinajstić information content (AvgIpc) is 2.77. The highest BCUT2D eigenvalue weighted by atomic mass is 16.5. The molecule has 6 heteroatoms. The van der Waals surface area contributed by atoms with Crippen LogP contribution in [0.15, 0.2) is 33.7 Å². The smallest absolute Gasteiger partial charge is 0.198 e. The van der Waals surface area contributed by atoms with E-state index in [1.807, 2.05) is 13.8 Å². The normalized spacial score (nSPS) is 11.0. The summed E-state index contributed by atoms with van der Waals surface area (Å²) in [7, 11) is 0. The van der Waals surface area contributed by atoms with Crippen LogP contribution in [0.1, 0.15) is 21.8 Å². The number of aromatic amines is 1. The summed E-state index contributed by atoms with van der Waals surface area (Å²) < 4.78 is 5.13. The maximum atomic E-state index is 12.0. The molecule has 1 N–H and O–H groups in total. The standard InChI is InChI=1S/C15H12N2O4/c1-7-13(8(2)21-17-7)9-3-4-10-12(5-9)16-6-11(14(10)18)15(19)20/h3-6H,1-2H3,(H,16,18)(H,19,20)/p-1. The molecule has 0 saturated heterocycles. The topological polar surface area (TPSA) is 99.0 Å². The van der Waals surface area contributed by atoms with Crippen molar-refractivity contribution in [3.63, 3.8) is 0 Å². The SMILES string of the molecule is Cc1noc(C)c1-c1ccc2c(=O)c(C(=O)[O-])c[nH]c2c1. The van der Waals surface area contributed by atoms with Gasteiger partial charge in [0, 0.05) is 22.7 Å². The van der Waals surface area contributed by atoms with Gasteiger partial charge in [-0.1, -0.05) is 11.2 Å². The predicted molar refractivity (Wildman–Crippen MR) is 73.9 cm³/mol. The Balaban J connectivity index is 2.26. The van der Waals surface area contributed by atoms with Crippen LogP contribution in [-0.4, -0.2) is 16.1 Å². The molecule has 0 aliphatic carbocycles. The summed E-state index contributed by atoms with van der Waals surface area (Å²) in [6.45, 7) is 3.64. The zero-order chi connectivity index (χ0) is 15.1. The Hall–Kier alpha value is -2.89. The van der Waals surface area contributed by atoms with Gasteiger partial charge in [-0.2, -0.15) is 0 Å². The van der Waals surface area contributed by atoms with Crippen molar-refractivity contribution in [3.8, 4) is 11.1 Å². The first kappa shape index (κ1) is 13.1. The number of carboxylic acids is 1. The first-order chi connectivity index (χ1) is 9.99. The van der Waals surface area contributed by atoms with E-state index in [9.17, 15) is 14.7 Å². The second-order valence-corrected chi connectivity index (χ2v) is 4.78. The molecule has 106 valence electrons. The van der Waals surface area contributed by atoms with Crippen molar-refractivity contribution in [2.45, 2.75) is 13.8 Å². The lowest BCUT2D eigenvalue weighted by molar-refractivity contribution is -0.255. The molecule has 0 aliphatic rings. The number of nitrogens with one attached hydrogen (secondary N) is 1. The molecule has 0 unspecified atom stereocenters. The molecular formula is C15H11N2O4-. The fourth-order valence-electron chi connectivity index (χ4n) is 2.42. The van der Waals surface area contributed by atoms with Gasteiger partial charge in [0.25, 0.3) is 0 Å². The number of fused-ring (bicyclic) bond motifs is 1. The van der Waals surface area contributed by atoms with Crippen LogP contribution in [-0.2, 0) is 0 Å². The van der Waals surface area contributed by atoms with Crippen molar-refractivity contribution in [3.05, 3.63) is 51.6 Å². The number of pyridine rings is 1. The van der Waals surface area contributed by atoms with E-state index in [1.165, 1.54) is 0 Å². The summed E-state index contributed by atoms with van der Waals surface area (Å²) in [5.74, 6) is -0.812. The Morgan fingerprint density at radius 2 is 2.10 bits per heavy atom. The number of aromatic nitrogens is 2. The van der Waals surface area contributed by atoms with E-state index in [-0.39, 0.29) is 5.56 Å². The molecule has 0 fully saturated rings. The minimum absolute atomic E-state index is 0.298.